The van der Waals surface area contributed by atoms with Crippen LogP contribution in [0.15, 0.2) is 46.7 Å². The number of nitrogen functional groups attached to an aromatic ring is 1. The molecule has 13 heteroatoms. The van der Waals surface area contributed by atoms with E-state index in [1.165, 1.54) is 46.1 Å². The van der Waals surface area contributed by atoms with Crippen LogP contribution < -0.4 is 16.2 Å². The number of hydrogen-bond donors (Lipinski definition) is 4. The molecule has 6 N–H and O–H groups in total. The van der Waals surface area contributed by atoms with Crippen LogP contribution in [0.1, 0.15) is 4.88 Å². The average Bonchev–Trinajstić information content (AvgIpc) is 3.41. The third kappa shape index (κ3) is 4.91. The van der Waals surface area contributed by atoms with Gasteiger partial charge in [-0.25, -0.2) is 23.5 Å². The molecule has 0 atom stereocenters. The first-order valence-electron chi connectivity index (χ1n) is 8.62. The Morgan fingerprint density at radius 3 is 2.52 bits per heavy atom. The normalized spacial score (nSPS) is 11.5. The fourth-order valence-electron chi connectivity index (χ4n) is 2.64. The van der Waals surface area contributed by atoms with E-state index in [1.807, 2.05) is 11.4 Å². The Morgan fingerprint density at radius 2 is 1.84 bits per heavy atom. The Kier molecular flexibility index (Phi) is 5.77. The molecule has 1 aromatic carbocycles. The van der Waals surface area contributed by atoms with Crippen molar-refractivity contribution in [3.8, 4) is 20.5 Å². The minimum Gasteiger partial charge on any atom is -0.481 e. The molecule has 0 radical (unpaired) electrons. The number of nitrogens with two attached hydrogens (primary N) is 2. The van der Waals surface area contributed by atoms with Crippen LogP contribution in [0.25, 0.3) is 20.5 Å². The SMILES string of the molecule is Nc1nc(Nc2ccc(S(N)(=O)=O)cc2)sc1-c1nc(-c2ccc(CC(=O)O)s2)cs1. The molecule has 4 rings (SSSR count). The summed E-state index contributed by atoms with van der Waals surface area (Å²) in [4.78, 5) is 22.2. The van der Waals surface area contributed by atoms with Gasteiger partial charge in [-0.3, -0.25) is 4.79 Å². The van der Waals surface area contributed by atoms with Gasteiger partial charge < -0.3 is 16.2 Å². The quantitative estimate of drug-likeness (QED) is 0.304. The summed E-state index contributed by atoms with van der Waals surface area (Å²) in [5.41, 5.74) is 7.47. The molecule has 0 spiro atoms. The molecular weight excluding hydrogens is 478 g/mol. The summed E-state index contributed by atoms with van der Waals surface area (Å²) in [5, 5.41) is 20.3. The van der Waals surface area contributed by atoms with Gasteiger partial charge in [-0.2, -0.15) is 0 Å². The number of aromatic nitrogens is 2. The molecule has 0 unspecified atom stereocenters. The van der Waals surface area contributed by atoms with E-state index in [1.54, 1.807) is 18.2 Å². The van der Waals surface area contributed by atoms with Crippen LogP contribution in [0.2, 0.25) is 0 Å². The zero-order chi connectivity index (χ0) is 22.2. The van der Waals surface area contributed by atoms with Gasteiger partial charge in [0.25, 0.3) is 0 Å². The van der Waals surface area contributed by atoms with E-state index in [4.69, 9.17) is 16.0 Å². The fraction of sp³-hybridized carbons (Fsp3) is 0.0556. The summed E-state index contributed by atoms with van der Waals surface area (Å²) < 4.78 is 22.7. The largest absolute Gasteiger partial charge is 0.481 e. The predicted octanol–water partition coefficient (Wildman–Crippen LogP) is 3.60. The van der Waals surface area contributed by atoms with Crippen LogP contribution in [0.5, 0.6) is 0 Å². The van der Waals surface area contributed by atoms with Crippen molar-refractivity contribution in [2.24, 2.45) is 5.14 Å². The number of rotatable bonds is 7. The maximum Gasteiger partial charge on any atom is 0.308 e. The highest BCUT2D eigenvalue weighted by Crippen LogP contribution is 2.40. The number of hydrogen-bond acceptors (Lipinski definition) is 10. The molecule has 0 aliphatic carbocycles. The first-order chi connectivity index (χ1) is 14.7. The molecule has 160 valence electrons. The van der Waals surface area contributed by atoms with E-state index < -0.39 is 16.0 Å². The molecule has 9 nitrogen and oxygen atoms in total. The number of nitrogens with one attached hydrogen (secondary N) is 1. The number of sulfonamides is 1. The number of anilines is 3. The molecule has 31 heavy (non-hydrogen) atoms. The maximum absolute atomic E-state index is 11.4. The lowest BCUT2D eigenvalue weighted by molar-refractivity contribution is -0.136. The molecule has 0 aliphatic heterocycles. The lowest BCUT2D eigenvalue weighted by Gasteiger charge is -2.03. The number of carboxylic acids is 1. The van der Waals surface area contributed by atoms with E-state index in [0.29, 0.717) is 26.5 Å². The van der Waals surface area contributed by atoms with Crippen molar-refractivity contribution < 1.29 is 18.3 Å². The molecule has 4 aromatic rings. The van der Waals surface area contributed by atoms with Gasteiger partial charge in [-0.1, -0.05) is 11.3 Å². The monoisotopic (exact) mass is 493 g/mol. The van der Waals surface area contributed by atoms with Crippen LogP contribution in [-0.2, 0) is 21.2 Å². The Balaban J connectivity index is 1.53. The second kappa shape index (κ2) is 8.36. The van der Waals surface area contributed by atoms with Gasteiger partial charge in [0, 0.05) is 15.9 Å². The number of benzene rings is 1. The van der Waals surface area contributed by atoms with Crippen molar-refractivity contribution in [2.75, 3.05) is 11.1 Å². The smallest absolute Gasteiger partial charge is 0.308 e. The standard InChI is InChI=1S/C18H15N5O4S4/c19-16-15(17-22-12(8-28-17)13-6-3-10(29-13)7-14(24)25)30-18(23-16)21-9-1-4-11(5-2-9)31(20,26)27/h1-6,8H,7,19H2,(H,21,23)(H,24,25)(H2,20,26,27). The molecule has 0 saturated heterocycles. The van der Waals surface area contributed by atoms with Gasteiger partial charge in [-0.15, -0.1) is 22.7 Å². The highest BCUT2D eigenvalue weighted by molar-refractivity contribution is 7.89. The first-order valence-corrected chi connectivity index (χ1v) is 12.7. The molecular formula is C18H15N5O4S4. The maximum atomic E-state index is 11.4. The summed E-state index contributed by atoms with van der Waals surface area (Å²) in [6.45, 7) is 0. The highest BCUT2D eigenvalue weighted by atomic mass is 32.2. The number of carbonyl (C=O) groups is 1. The summed E-state index contributed by atoms with van der Waals surface area (Å²) in [6.07, 6.45) is -0.0172. The van der Waals surface area contributed by atoms with E-state index >= 15 is 0 Å². The molecule has 0 saturated carbocycles. The Morgan fingerprint density at radius 1 is 1.10 bits per heavy atom. The van der Waals surface area contributed by atoms with Gasteiger partial charge in [0.2, 0.25) is 10.0 Å². The third-order valence-corrected chi connectivity index (χ3v) is 8.04. The number of primary sulfonamides is 1. The topological polar surface area (TPSA) is 161 Å². The summed E-state index contributed by atoms with van der Waals surface area (Å²) in [6, 6.07) is 9.63. The van der Waals surface area contributed by atoms with Gasteiger partial charge in [0.15, 0.2) is 5.13 Å². The van der Waals surface area contributed by atoms with Gasteiger partial charge in [0.05, 0.1) is 21.9 Å². The summed E-state index contributed by atoms with van der Waals surface area (Å²) >= 11 is 4.14. The molecule has 3 heterocycles. The zero-order valence-corrected chi connectivity index (χ0v) is 18.9. The van der Waals surface area contributed by atoms with Crippen LogP contribution in [0.4, 0.5) is 16.6 Å². The Labute approximate surface area is 189 Å². The van der Waals surface area contributed by atoms with Crippen LogP contribution in [-0.4, -0.2) is 29.5 Å². The molecule has 0 aliphatic rings. The molecule has 3 aromatic heterocycles. The Hall–Kier alpha value is -2.84. The molecule has 0 bridgehead atoms. The summed E-state index contributed by atoms with van der Waals surface area (Å²) in [5.74, 6) is -0.545. The van der Waals surface area contributed by atoms with E-state index in [-0.39, 0.29) is 11.3 Å². The zero-order valence-electron chi connectivity index (χ0n) is 15.6. The minimum absolute atomic E-state index is 0.0172. The summed E-state index contributed by atoms with van der Waals surface area (Å²) in [7, 11) is -3.75. The van der Waals surface area contributed by atoms with Crippen molar-refractivity contribution in [1.82, 2.24) is 9.97 Å². The fourth-order valence-corrected chi connectivity index (χ4v) is 6.01. The van der Waals surface area contributed by atoms with Crippen molar-refractivity contribution >= 4 is 66.6 Å². The van der Waals surface area contributed by atoms with E-state index in [0.717, 1.165) is 15.4 Å². The molecule has 0 fully saturated rings. The number of thiophene rings is 1. The number of nitrogens with zero attached hydrogens (tertiary/aromatic N) is 2. The second-order valence-electron chi connectivity index (χ2n) is 6.30. The van der Waals surface area contributed by atoms with Gasteiger partial charge in [-0.05, 0) is 36.4 Å². The van der Waals surface area contributed by atoms with Crippen LogP contribution >= 0.6 is 34.0 Å². The van der Waals surface area contributed by atoms with Gasteiger partial charge >= 0.3 is 5.97 Å². The molecule has 0 amide bonds. The van der Waals surface area contributed by atoms with Crippen LogP contribution in [0.3, 0.4) is 0 Å². The van der Waals surface area contributed by atoms with Crippen molar-refractivity contribution in [3.05, 3.63) is 46.7 Å². The Bertz CT molecular complexity index is 1360. The minimum atomic E-state index is -3.75. The second-order valence-corrected chi connectivity index (χ2v) is 10.9. The predicted molar refractivity (Wildman–Crippen MR) is 123 cm³/mol. The van der Waals surface area contributed by atoms with Crippen molar-refractivity contribution in [1.29, 1.82) is 0 Å². The number of thiazole rings is 2. The number of aliphatic carboxylic acids is 1. The third-order valence-electron chi connectivity index (χ3n) is 4.03. The lowest BCUT2D eigenvalue weighted by atomic mass is 10.3. The van der Waals surface area contributed by atoms with E-state index in [2.05, 4.69) is 15.3 Å². The van der Waals surface area contributed by atoms with Gasteiger partial charge in [0.1, 0.15) is 15.7 Å². The average molecular weight is 494 g/mol. The highest BCUT2D eigenvalue weighted by Gasteiger charge is 2.16. The van der Waals surface area contributed by atoms with Crippen LogP contribution in [0, 0.1) is 0 Å². The van der Waals surface area contributed by atoms with E-state index in [9.17, 15) is 13.2 Å². The van der Waals surface area contributed by atoms with Crippen molar-refractivity contribution in [2.45, 2.75) is 11.3 Å². The first kappa shape index (κ1) is 21.4. The lowest BCUT2D eigenvalue weighted by Crippen LogP contribution is -2.11. The van der Waals surface area contributed by atoms with Crippen molar-refractivity contribution in [3.63, 3.8) is 0 Å². The number of carboxylic acid groups (broad SMARTS) is 1.